The summed E-state index contributed by atoms with van der Waals surface area (Å²) in [5.41, 5.74) is 1.34. The van der Waals surface area contributed by atoms with Crippen LogP contribution in [0.2, 0.25) is 0 Å². The van der Waals surface area contributed by atoms with Crippen LogP contribution in [0.15, 0.2) is 24.3 Å². The van der Waals surface area contributed by atoms with E-state index in [4.69, 9.17) is 4.74 Å². The molecule has 0 heterocycles. The fourth-order valence-electron chi connectivity index (χ4n) is 3.00. The molecule has 1 N–H and O–H groups in total. The van der Waals surface area contributed by atoms with Gasteiger partial charge in [0, 0.05) is 12.6 Å². The van der Waals surface area contributed by atoms with Gasteiger partial charge in [-0.1, -0.05) is 45.7 Å². The number of rotatable bonds is 6. The first kappa shape index (κ1) is 15.4. The molecule has 0 amide bonds. The van der Waals surface area contributed by atoms with Crippen LogP contribution in [-0.2, 0) is 0 Å². The van der Waals surface area contributed by atoms with E-state index in [0.29, 0.717) is 12.0 Å². The van der Waals surface area contributed by atoms with Crippen molar-refractivity contribution in [3.05, 3.63) is 29.8 Å². The molecule has 0 spiro atoms. The Kier molecular flexibility index (Phi) is 5.90. The van der Waals surface area contributed by atoms with Gasteiger partial charge in [-0.2, -0.15) is 0 Å². The maximum Gasteiger partial charge on any atom is 0.119 e. The summed E-state index contributed by atoms with van der Waals surface area (Å²) < 4.78 is 5.86. The van der Waals surface area contributed by atoms with Crippen LogP contribution in [0.5, 0.6) is 5.75 Å². The Balaban J connectivity index is 1.71. The fourth-order valence-corrected chi connectivity index (χ4v) is 3.00. The van der Waals surface area contributed by atoms with E-state index in [1.165, 1.54) is 31.2 Å². The Labute approximate surface area is 123 Å². The summed E-state index contributed by atoms with van der Waals surface area (Å²) in [6, 6.07) is 9.15. The molecule has 1 aliphatic rings. The van der Waals surface area contributed by atoms with Crippen LogP contribution in [0, 0.1) is 5.92 Å². The summed E-state index contributed by atoms with van der Waals surface area (Å²) in [5.74, 6) is 2.36. The standard InChI is InChI=1S/C18H29NO/c1-14(2)16-8-6-9-17(13-16)20-12-11-19-18-10-5-4-7-15(18)3/h6,8-9,13-15,18-19H,4-5,7,10-12H2,1-3H3. The lowest BCUT2D eigenvalue weighted by atomic mass is 9.86. The summed E-state index contributed by atoms with van der Waals surface area (Å²) in [7, 11) is 0. The monoisotopic (exact) mass is 275 g/mol. The van der Waals surface area contributed by atoms with Gasteiger partial charge in [0.25, 0.3) is 0 Å². The summed E-state index contributed by atoms with van der Waals surface area (Å²) in [4.78, 5) is 0. The van der Waals surface area contributed by atoms with Crippen molar-refractivity contribution in [3.63, 3.8) is 0 Å². The first-order valence-electron chi connectivity index (χ1n) is 8.13. The molecule has 1 saturated carbocycles. The van der Waals surface area contributed by atoms with Crippen LogP contribution in [0.1, 0.15) is 57.9 Å². The minimum absolute atomic E-state index is 0.555. The molecule has 112 valence electrons. The van der Waals surface area contributed by atoms with Gasteiger partial charge in [0.1, 0.15) is 12.4 Å². The average molecular weight is 275 g/mol. The molecule has 0 bridgehead atoms. The van der Waals surface area contributed by atoms with Gasteiger partial charge >= 0.3 is 0 Å². The molecule has 1 aliphatic carbocycles. The van der Waals surface area contributed by atoms with E-state index in [2.05, 4.69) is 50.4 Å². The molecule has 0 aliphatic heterocycles. The zero-order valence-electron chi connectivity index (χ0n) is 13.2. The summed E-state index contributed by atoms with van der Waals surface area (Å²) in [6.07, 6.45) is 5.47. The fraction of sp³-hybridized carbons (Fsp3) is 0.667. The summed E-state index contributed by atoms with van der Waals surface area (Å²) in [6.45, 7) is 8.49. The van der Waals surface area contributed by atoms with Gasteiger partial charge < -0.3 is 10.1 Å². The molecular formula is C18H29NO. The predicted octanol–water partition coefficient (Wildman–Crippen LogP) is 4.36. The third-order valence-electron chi connectivity index (χ3n) is 4.41. The van der Waals surface area contributed by atoms with Crippen molar-refractivity contribution in [2.75, 3.05) is 13.2 Å². The minimum atomic E-state index is 0.555. The number of benzene rings is 1. The van der Waals surface area contributed by atoms with Crippen molar-refractivity contribution >= 4 is 0 Å². The molecule has 20 heavy (non-hydrogen) atoms. The molecule has 2 unspecified atom stereocenters. The van der Waals surface area contributed by atoms with Crippen molar-refractivity contribution in [2.45, 2.75) is 58.4 Å². The van der Waals surface area contributed by atoms with Gasteiger partial charge in [-0.15, -0.1) is 0 Å². The van der Waals surface area contributed by atoms with Crippen molar-refractivity contribution in [1.82, 2.24) is 5.32 Å². The van der Waals surface area contributed by atoms with Gasteiger partial charge in [0.15, 0.2) is 0 Å². The van der Waals surface area contributed by atoms with E-state index in [9.17, 15) is 0 Å². The van der Waals surface area contributed by atoms with E-state index in [1.54, 1.807) is 0 Å². The van der Waals surface area contributed by atoms with Crippen molar-refractivity contribution in [3.8, 4) is 5.75 Å². The number of nitrogens with one attached hydrogen (secondary N) is 1. The first-order chi connectivity index (χ1) is 9.66. The summed E-state index contributed by atoms with van der Waals surface area (Å²) >= 11 is 0. The smallest absolute Gasteiger partial charge is 0.119 e. The normalized spacial score (nSPS) is 23.0. The van der Waals surface area contributed by atoms with Gasteiger partial charge in [-0.05, 0) is 42.4 Å². The van der Waals surface area contributed by atoms with Crippen molar-refractivity contribution in [2.24, 2.45) is 5.92 Å². The average Bonchev–Trinajstić information content (AvgIpc) is 2.45. The molecule has 0 saturated heterocycles. The van der Waals surface area contributed by atoms with E-state index in [1.807, 2.05) is 0 Å². The molecule has 1 fully saturated rings. The zero-order chi connectivity index (χ0) is 14.4. The molecule has 0 aromatic heterocycles. The highest BCUT2D eigenvalue weighted by molar-refractivity contribution is 5.30. The third-order valence-corrected chi connectivity index (χ3v) is 4.41. The Bertz CT molecular complexity index is 402. The number of hydrogen-bond acceptors (Lipinski definition) is 2. The molecule has 1 aromatic carbocycles. The largest absolute Gasteiger partial charge is 0.492 e. The van der Waals surface area contributed by atoms with Gasteiger partial charge in [-0.25, -0.2) is 0 Å². The highest BCUT2D eigenvalue weighted by Gasteiger charge is 2.20. The summed E-state index contributed by atoms with van der Waals surface area (Å²) in [5, 5.41) is 3.65. The SMILES string of the molecule is CC(C)c1cccc(OCCNC2CCCCC2C)c1. The molecule has 2 nitrogen and oxygen atoms in total. The van der Waals surface area contributed by atoms with Gasteiger partial charge in [0.2, 0.25) is 0 Å². The maximum absolute atomic E-state index is 5.86. The Hall–Kier alpha value is -1.02. The lowest BCUT2D eigenvalue weighted by Gasteiger charge is -2.29. The minimum Gasteiger partial charge on any atom is -0.492 e. The lowest BCUT2D eigenvalue weighted by molar-refractivity contribution is 0.251. The zero-order valence-corrected chi connectivity index (χ0v) is 13.2. The van der Waals surface area contributed by atoms with Crippen LogP contribution < -0.4 is 10.1 Å². The third kappa shape index (κ3) is 4.52. The van der Waals surface area contributed by atoms with Crippen LogP contribution >= 0.6 is 0 Å². The lowest BCUT2D eigenvalue weighted by Crippen LogP contribution is -2.39. The molecule has 2 atom stereocenters. The second-order valence-corrected chi connectivity index (χ2v) is 6.40. The Morgan fingerprint density at radius 1 is 1.25 bits per heavy atom. The molecule has 2 rings (SSSR count). The second-order valence-electron chi connectivity index (χ2n) is 6.40. The van der Waals surface area contributed by atoms with E-state index in [-0.39, 0.29) is 0 Å². The molecule has 0 radical (unpaired) electrons. The van der Waals surface area contributed by atoms with Crippen molar-refractivity contribution in [1.29, 1.82) is 0 Å². The van der Waals surface area contributed by atoms with Gasteiger partial charge in [0.05, 0.1) is 0 Å². The van der Waals surface area contributed by atoms with Crippen molar-refractivity contribution < 1.29 is 4.74 Å². The Morgan fingerprint density at radius 3 is 2.80 bits per heavy atom. The second kappa shape index (κ2) is 7.68. The maximum atomic E-state index is 5.86. The quantitative estimate of drug-likeness (QED) is 0.779. The number of hydrogen-bond donors (Lipinski definition) is 1. The first-order valence-corrected chi connectivity index (χ1v) is 8.13. The van der Waals surface area contributed by atoms with Gasteiger partial charge in [-0.3, -0.25) is 0 Å². The Morgan fingerprint density at radius 2 is 2.05 bits per heavy atom. The van der Waals surface area contributed by atoms with E-state index >= 15 is 0 Å². The van der Waals surface area contributed by atoms with Crippen LogP contribution in [0.4, 0.5) is 0 Å². The highest BCUT2D eigenvalue weighted by Crippen LogP contribution is 2.23. The highest BCUT2D eigenvalue weighted by atomic mass is 16.5. The predicted molar refractivity (Wildman–Crippen MR) is 85.4 cm³/mol. The van der Waals surface area contributed by atoms with Crippen LogP contribution in [0.25, 0.3) is 0 Å². The topological polar surface area (TPSA) is 21.3 Å². The van der Waals surface area contributed by atoms with Crippen LogP contribution in [0.3, 0.4) is 0 Å². The molecule has 1 aromatic rings. The molecular weight excluding hydrogens is 246 g/mol. The van der Waals surface area contributed by atoms with Crippen LogP contribution in [-0.4, -0.2) is 19.2 Å². The number of ether oxygens (including phenoxy) is 1. The molecule has 2 heteroatoms. The van der Waals surface area contributed by atoms with E-state index < -0.39 is 0 Å². The van der Waals surface area contributed by atoms with E-state index in [0.717, 1.165) is 24.8 Å².